The standard InChI is InChI=1S/C11H9BrClN/c12-9-5-3-8(4-6-9)10-2-1-7-14-11(10)13/h1-6,14H,7H2. The van der Waals surface area contributed by atoms with Gasteiger partial charge in [-0.25, -0.2) is 0 Å². The summed E-state index contributed by atoms with van der Waals surface area (Å²) in [5.41, 5.74) is 2.17. The Hall–Kier alpha value is -0.730. The van der Waals surface area contributed by atoms with Gasteiger partial charge in [0.05, 0.1) is 0 Å². The fraction of sp³-hybridized carbons (Fsp3) is 0.0909. The average Bonchev–Trinajstić information content (AvgIpc) is 2.20. The van der Waals surface area contributed by atoms with Crippen LogP contribution in [0.15, 0.2) is 46.0 Å². The molecule has 72 valence electrons. The zero-order valence-corrected chi connectivity index (χ0v) is 9.77. The lowest BCUT2D eigenvalue weighted by molar-refractivity contribution is 0.954. The summed E-state index contributed by atoms with van der Waals surface area (Å²) < 4.78 is 1.07. The van der Waals surface area contributed by atoms with E-state index in [0.717, 1.165) is 27.3 Å². The van der Waals surface area contributed by atoms with Crippen molar-refractivity contribution in [3.8, 4) is 0 Å². The van der Waals surface area contributed by atoms with Crippen molar-refractivity contribution in [1.82, 2.24) is 5.32 Å². The second-order valence-electron chi connectivity index (χ2n) is 3.02. The minimum absolute atomic E-state index is 0.717. The highest BCUT2D eigenvalue weighted by atomic mass is 79.9. The molecule has 0 saturated carbocycles. The number of hydrogen-bond acceptors (Lipinski definition) is 1. The number of halogens is 2. The van der Waals surface area contributed by atoms with Crippen molar-refractivity contribution in [3.05, 3.63) is 51.6 Å². The van der Waals surface area contributed by atoms with E-state index in [1.807, 2.05) is 30.3 Å². The van der Waals surface area contributed by atoms with Crippen molar-refractivity contribution < 1.29 is 0 Å². The molecule has 1 heterocycles. The molecule has 0 saturated heterocycles. The lowest BCUT2D eigenvalue weighted by atomic mass is 10.1. The van der Waals surface area contributed by atoms with E-state index in [0.29, 0.717) is 0 Å². The van der Waals surface area contributed by atoms with E-state index < -0.39 is 0 Å². The first-order chi connectivity index (χ1) is 6.77. The van der Waals surface area contributed by atoms with E-state index in [1.165, 1.54) is 0 Å². The normalized spacial score (nSPS) is 15.6. The predicted molar refractivity (Wildman–Crippen MR) is 64.1 cm³/mol. The first-order valence-electron chi connectivity index (χ1n) is 4.33. The quantitative estimate of drug-likeness (QED) is 0.770. The molecule has 1 aliphatic rings. The van der Waals surface area contributed by atoms with Crippen molar-refractivity contribution in [2.24, 2.45) is 0 Å². The lowest BCUT2D eigenvalue weighted by Crippen LogP contribution is -2.13. The number of allylic oxidation sites excluding steroid dienone is 2. The maximum absolute atomic E-state index is 6.06. The van der Waals surface area contributed by atoms with Crippen LogP contribution in [0.25, 0.3) is 5.57 Å². The SMILES string of the molecule is ClC1=C(c2ccc(Br)cc2)C=CCN1. The molecule has 2 rings (SSSR count). The van der Waals surface area contributed by atoms with E-state index in [4.69, 9.17) is 11.6 Å². The molecule has 0 radical (unpaired) electrons. The van der Waals surface area contributed by atoms with Crippen LogP contribution >= 0.6 is 27.5 Å². The molecule has 14 heavy (non-hydrogen) atoms. The molecular formula is C11H9BrClN. The van der Waals surface area contributed by atoms with Crippen LogP contribution in [0.3, 0.4) is 0 Å². The first-order valence-corrected chi connectivity index (χ1v) is 5.50. The highest BCUT2D eigenvalue weighted by molar-refractivity contribution is 9.10. The average molecular weight is 271 g/mol. The molecule has 0 unspecified atom stereocenters. The second kappa shape index (κ2) is 4.20. The number of nitrogens with one attached hydrogen (secondary N) is 1. The Labute approximate surface area is 96.6 Å². The molecular weight excluding hydrogens is 261 g/mol. The fourth-order valence-electron chi connectivity index (χ4n) is 1.35. The minimum atomic E-state index is 0.717. The molecule has 0 atom stereocenters. The Morgan fingerprint density at radius 3 is 2.57 bits per heavy atom. The number of benzene rings is 1. The largest absolute Gasteiger partial charge is 0.372 e. The van der Waals surface area contributed by atoms with Gasteiger partial charge < -0.3 is 5.32 Å². The van der Waals surface area contributed by atoms with Gasteiger partial charge in [-0.3, -0.25) is 0 Å². The van der Waals surface area contributed by atoms with E-state index in [9.17, 15) is 0 Å². The van der Waals surface area contributed by atoms with Gasteiger partial charge in [0, 0.05) is 16.6 Å². The summed E-state index contributed by atoms with van der Waals surface area (Å²) in [4.78, 5) is 0. The van der Waals surface area contributed by atoms with E-state index >= 15 is 0 Å². The molecule has 1 aromatic rings. The molecule has 3 heteroatoms. The highest BCUT2D eigenvalue weighted by Crippen LogP contribution is 2.24. The molecule has 0 aromatic heterocycles. The van der Waals surface area contributed by atoms with Crippen LogP contribution in [0, 0.1) is 0 Å². The topological polar surface area (TPSA) is 12.0 Å². The Morgan fingerprint density at radius 1 is 1.21 bits per heavy atom. The Morgan fingerprint density at radius 2 is 1.93 bits per heavy atom. The third-order valence-corrected chi connectivity index (χ3v) is 2.92. The van der Waals surface area contributed by atoms with Crippen LogP contribution < -0.4 is 5.32 Å². The molecule has 0 spiro atoms. The molecule has 0 bridgehead atoms. The molecule has 1 aliphatic heterocycles. The number of dihydropyridines is 1. The smallest absolute Gasteiger partial charge is 0.110 e. The maximum Gasteiger partial charge on any atom is 0.110 e. The summed E-state index contributed by atoms with van der Waals surface area (Å²) in [6, 6.07) is 8.10. The molecule has 0 fully saturated rings. The third kappa shape index (κ3) is 2.02. The van der Waals surface area contributed by atoms with Gasteiger partial charge in [-0.05, 0) is 17.7 Å². The van der Waals surface area contributed by atoms with Gasteiger partial charge in [0.25, 0.3) is 0 Å². The summed E-state index contributed by atoms with van der Waals surface area (Å²) >= 11 is 9.46. The van der Waals surface area contributed by atoms with Crippen molar-refractivity contribution in [2.45, 2.75) is 0 Å². The Kier molecular flexibility index (Phi) is 2.94. The van der Waals surface area contributed by atoms with E-state index in [2.05, 4.69) is 27.3 Å². The van der Waals surface area contributed by atoms with E-state index in [-0.39, 0.29) is 0 Å². The van der Waals surface area contributed by atoms with Gasteiger partial charge in [0.15, 0.2) is 0 Å². The number of rotatable bonds is 1. The van der Waals surface area contributed by atoms with Crippen LogP contribution in [-0.2, 0) is 0 Å². The van der Waals surface area contributed by atoms with Crippen molar-refractivity contribution in [2.75, 3.05) is 6.54 Å². The maximum atomic E-state index is 6.06. The van der Waals surface area contributed by atoms with E-state index in [1.54, 1.807) is 0 Å². The summed E-state index contributed by atoms with van der Waals surface area (Å²) in [7, 11) is 0. The molecule has 0 aliphatic carbocycles. The summed E-state index contributed by atoms with van der Waals surface area (Å²) in [5, 5.41) is 3.81. The van der Waals surface area contributed by atoms with Crippen LogP contribution in [-0.4, -0.2) is 6.54 Å². The van der Waals surface area contributed by atoms with Gasteiger partial charge in [-0.15, -0.1) is 0 Å². The van der Waals surface area contributed by atoms with Crippen LogP contribution in [0.1, 0.15) is 5.56 Å². The molecule has 1 N–H and O–H groups in total. The fourth-order valence-corrected chi connectivity index (χ4v) is 1.86. The number of hydrogen-bond donors (Lipinski definition) is 1. The second-order valence-corrected chi connectivity index (χ2v) is 4.31. The van der Waals surface area contributed by atoms with Gasteiger partial charge in [0.2, 0.25) is 0 Å². The molecule has 0 amide bonds. The van der Waals surface area contributed by atoms with Crippen molar-refractivity contribution in [3.63, 3.8) is 0 Å². The Bertz CT molecular complexity index is 392. The lowest BCUT2D eigenvalue weighted by Gasteiger charge is -2.12. The predicted octanol–water partition coefficient (Wildman–Crippen LogP) is 3.52. The zero-order valence-electron chi connectivity index (χ0n) is 7.43. The van der Waals surface area contributed by atoms with Gasteiger partial charge >= 0.3 is 0 Å². The molecule has 1 aromatic carbocycles. The summed E-state index contributed by atoms with van der Waals surface area (Å²) in [5.74, 6) is 0. The van der Waals surface area contributed by atoms with Gasteiger partial charge in [-0.2, -0.15) is 0 Å². The summed E-state index contributed by atoms with van der Waals surface area (Å²) in [6.45, 7) is 0.804. The third-order valence-electron chi connectivity index (χ3n) is 2.05. The van der Waals surface area contributed by atoms with Crippen molar-refractivity contribution >= 4 is 33.1 Å². The zero-order chi connectivity index (χ0) is 9.97. The molecule has 1 nitrogen and oxygen atoms in total. The van der Waals surface area contributed by atoms with Crippen molar-refractivity contribution in [1.29, 1.82) is 0 Å². The van der Waals surface area contributed by atoms with Gasteiger partial charge in [-0.1, -0.05) is 51.8 Å². The minimum Gasteiger partial charge on any atom is -0.372 e. The van der Waals surface area contributed by atoms with Crippen LogP contribution in [0.2, 0.25) is 0 Å². The highest BCUT2D eigenvalue weighted by Gasteiger charge is 2.06. The Balaban J connectivity index is 2.39. The first kappa shape index (κ1) is 9.81. The monoisotopic (exact) mass is 269 g/mol. The summed E-state index contributed by atoms with van der Waals surface area (Å²) in [6.07, 6.45) is 4.10. The van der Waals surface area contributed by atoms with Gasteiger partial charge in [0.1, 0.15) is 5.16 Å². The van der Waals surface area contributed by atoms with Crippen LogP contribution in [0.4, 0.5) is 0 Å². The van der Waals surface area contributed by atoms with Crippen LogP contribution in [0.5, 0.6) is 0 Å².